The molecule has 31 heavy (non-hydrogen) atoms. The number of aryl methyl sites for hydroxylation is 2. The van der Waals surface area contributed by atoms with E-state index in [0.717, 1.165) is 51.8 Å². The predicted octanol–water partition coefficient (Wildman–Crippen LogP) is 3.15. The average Bonchev–Trinajstić information content (AvgIpc) is 3.54. The van der Waals surface area contributed by atoms with Crippen LogP contribution in [0.3, 0.4) is 0 Å². The number of pyridine rings is 1. The number of hydrogen-bond acceptors (Lipinski definition) is 5. The molecule has 0 bridgehead atoms. The van der Waals surface area contributed by atoms with Crippen molar-refractivity contribution in [2.24, 2.45) is 12.8 Å². The Labute approximate surface area is 179 Å². The molecule has 0 atom stereocenters. The van der Waals surface area contributed by atoms with Gasteiger partial charge in [0.2, 0.25) is 0 Å². The Hall–Kier alpha value is -3.63. The van der Waals surface area contributed by atoms with Crippen molar-refractivity contribution in [1.29, 1.82) is 5.26 Å². The van der Waals surface area contributed by atoms with Crippen molar-refractivity contribution in [2.75, 3.05) is 12.3 Å². The van der Waals surface area contributed by atoms with Gasteiger partial charge in [-0.05, 0) is 55.1 Å². The van der Waals surface area contributed by atoms with Gasteiger partial charge in [0.25, 0.3) is 5.56 Å². The number of nitriles is 1. The first-order valence-electron chi connectivity index (χ1n) is 10.5. The first-order valence-corrected chi connectivity index (χ1v) is 10.5. The van der Waals surface area contributed by atoms with Gasteiger partial charge in [-0.25, -0.2) is 4.98 Å². The van der Waals surface area contributed by atoms with E-state index in [1.54, 1.807) is 6.07 Å². The third-order valence-corrected chi connectivity index (χ3v) is 6.30. The molecular weight excluding hydrogens is 388 g/mol. The zero-order valence-electron chi connectivity index (χ0n) is 17.6. The Kier molecular flexibility index (Phi) is 4.34. The van der Waals surface area contributed by atoms with Crippen LogP contribution in [-0.2, 0) is 13.5 Å². The number of nitrogen functional groups attached to an aromatic ring is 1. The van der Waals surface area contributed by atoms with Crippen molar-refractivity contribution in [3.05, 3.63) is 57.6 Å². The van der Waals surface area contributed by atoms with E-state index in [0.29, 0.717) is 29.7 Å². The number of nitrogens with zero attached hydrogens (tertiary/aromatic N) is 4. The van der Waals surface area contributed by atoms with Crippen LogP contribution < -0.4 is 17.0 Å². The smallest absolute Gasteiger partial charge is 0.279 e. The molecule has 2 aromatic heterocycles. The second-order valence-electron chi connectivity index (χ2n) is 8.28. The summed E-state index contributed by atoms with van der Waals surface area (Å²) in [4.78, 5) is 18.2. The molecule has 1 fully saturated rings. The van der Waals surface area contributed by atoms with Gasteiger partial charge in [0, 0.05) is 30.6 Å². The van der Waals surface area contributed by atoms with Gasteiger partial charge < -0.3 is 20.6 Å². The van der Waals surface area contributed by atoms with Crippen LogP contribution in [0.4, 0.5) is 5.69 Å². The highest BCUT2D eigenvalue weighted by Gasteiger charge is 2.30. The van der Waals surface area contributed by atoms with Crippen LogP contribution >= 0.6 is 0 Å². The molecule has 0 saturated heterocycles. The maximum Gasteiger partial charge on any atom is 0.279 e. The summed E-state index contributed by atoms with van der Waals surface area (Å²) in [7, 11) is 1.95. The molecule has 5 rings (SSSR count). The molecule has 2 aromatic carbocycles. The van der Waals surface area contributed by atoms with Crippen LogP contribution in [0, 0.1) is 18.3 Å². The molecule has 0 radical (unpaired) electrons. The molecule has 0 unspecified atom stereocenters. The van der Waals surface area contributed by atoms with E-state index in [4.69, 9.17) is 11.5 Å². The molecule has 4 N–H and O–H groups in total. The molecule has 156 valence electrons. The van der Waals surface area contributed by atoms with E-state index >= 15 is 0 Å². The summed E-state index contributed by atoms with van der Waals surface area (Å²) in [6.45, 7) is 2.52. The van der Waals surface area contributed by atoms with Crippen LogP contribution in [0.15, 0.2) is 35.1 Å². The van der Waals surface area contributed by atoms with Gasteiger partial charge in [0.1, 0.15) is 11.9 Å². The maximum atomic E-state index is 13.5. The van der Waals surface area contributed by atoms with Crippen LogP contribution in [-0.4, -0.2) is 20.7 Å². The predicted molar refractivity (Wildman–Crippen MR) is 123 cm³/mol. The van der Waals surface area contributed by atoms with Gasteiger partial charge in [0.15, 0.2) is 5.52 Å². The maximum absolute atomic E-state index is 13.5. The normalized spacial score (nSPS) is 13.7. The molecule has 1 aliphatic rings. The van der Waals surface area contributed by atoms with Crippen molar-refractivity contribution in [3.8, 4) is 17.2 Å². The zero-order valence-corrected chi connectivity index (χ0v) is 17.6. The number of imidazole rings is 1. The number of nitrogens with two attached hydrogens (primary N) is 2. The Balaban J connectivity index is 1.88. The SMILES string of the molecule is Cc1c(-c2ccc(N)c(C#N)c2)ccc2c3c(nc(CCN)n3C)c(=O)n(C3CC3)c12. The summed E-state index contributed by atoms with van der Waals surface area (Å²) in [5.74, 6) is 0.823. The lowest BCUT2D eigenvalue weighted by molar-refractivity contribution is 0.742. The van der Waals surface area contributed by atoms with Gasteiger partial charge in [-0.3, -0.25) is 4.79 Å². The molecule has 7 heteroatoms. The summed E-state index contributed by atoms with van der Waals surface area (Å²) >= 11 is 0. The van der Waals surface area contributed by atoms with Gasteiger partial charge in [-0.2, -0.15) is 5.26 Å². The lowest BCUT2D eigenvalue weighted by Crippen LogP contribution is -2.21. The highest BCUT2D eigenvalue weighted by molar-refractivity contribution is 6.05. The average molecular weight is 412 g/mol. The van der Waals surface area contributed by atoms with E-state index in [2.05, 4.69) is 23.2 Å². The van der Waals surface area contributed by atoms with Crippen molar-refractivity contribution in [2.45, 2.75) is 32.2 Å². The Morgan fingerprint density at radius 2 is 2.00 bits per heavy atom. The van der Waals surface area contributed by atoms with E-state index in [9.17, 15) is 10.1 Å². The first-order chi connectivity index (χ1) is 15.0. The number of aromatic nitrogens is 3. The van der Waals surface area contributed by atoms with Gasteiger partial charge in [-0.1, -0.05) is 18.2 Å². The second-order valence-corrected chi connectivity index (χ2v) is 8.28. The summed E-state index contributed by atoms with van der Waals surface area (Å²) in [6, 6.07) is 12.0. The summed E-state index contributed by atoms with van der Waals surface area (Å²) in [6.07, 6.45) is 2.61. The van der Waals surface area contributed by atoms with Crippen LogP contribution in [0.2, 0.25) is 0 Å². The largest absolute Gasteiger partial charge is 0.398 e. The fraction of sp³-hybridized carbons (Fsp3) is 0.292. The fourth-order valence-corrected chi connectivity index (χ4v) is 4.59. The molecule has 7 nitrogen and oxygen atoms in total. The highest BCUT2D eigenvalue weighted by atomic mass is 16.1. The molecule has 2 heterocycles. The van der Waals surface area contributed by atoms with E-state index in [1.165, 1.54) is 0 Å². The van der Waals surface area contributed by atoms with Crippen molar-refractivity contribution in [1.82, 2.24) is 14.1 Å². The van der Waals surface area contributed by atoms with Crippen molar-refractivity contribution < 1.29 is 0 Å². The van der Waals surface area contributed by atoms with Crippen LogP contribution in [0.5, 0.6) is 0 Å². The topological polar surface area (TPSA) is 116 Å². The Morgan fingerprint density at radius 3 is 2.68 bits per heavy atom. The third kappa shape index (κ3) is 2.83. The van der Waals surface area contributed by atoms with E-state index < -0.39 is 0 Å². The minimum absolute atomic E-state index is 0.0425. The van der Waals surface area contributed by atoms with Crippen LogP contribution in [0.25, 0.3) is 33.1 Å². The highest BCUT2D eigenvalue weighted by Crippen LogP contribution is 2.40. The monoisotopic (exact) mass is 412 g/mol. The second kappa shape index (κ2) is 6.96. The molecule has 4 aromatic rings. The van der Waals surface area contributed by atoms with E-state index in [1.807, 2.05) is 35.2 Å². The zero-order chi connectivity index (χ0) is 21.9. The van der Waals surface area contributed by atoms with Gasteiger partial charge >= 0.3 is 0 Å². The van der Waals surface area contributed by atoms with Crippen molar-refractivity contribution >= 4 is 27.6 Å². The Morgan fingerprint density at radius 1 is 1.23 bits per heavy atom. The lowest BCUT2D eigenvalue weighted by Gasteiger charge is -2.17. The summed E-state index contributed by atoms with van der Waals surface area (Å²) in [5.41, 5.74) is 17.8. The lowest BCUT2D eigenvalue weighted by atomic mass is 9.95. The number of anilines is 1. The Bertz CT molecular complexity index is 1470. The molecule has 0 amide bonds. The third-order valence-electron chi connectivity index (χ3n) is 6.30. The molecule has 1 saturated carbocycles. The number of hydrogen-bond donors (Lipinski definition) is 2. The van der Waals surface area contributed by atoms with E-state index in [-0.39, 0.29) is 11.6 Å². The minimum Gasteiger partial charge on any atom is -0.398 e. The first kappa shape index (κ1) is 19.3. The summed E-state index contributed by atoms with van der Waals surface area (Å²) < 4.78 is 3.93. The van der Waals surface area contributed by atoms with Crippen molar-refractivity contribution in [3.63, 3.8) is 0 Å². The molecular formula is C24H24N6O. The number of rotatable bonds is 4. The molecule has 0 spiro atoms. The van der Waals surface area contributed by atoms with Gasteiger partial charge in [-0.15, -0.1) is 0 Å². The minimum atomic E-state index is -0.0425. The number of benzene rings is 2. The van der Waals surface area contributed by atoms with Crippen LogP contribution in [0.1, 0.15) is 35.8 Å². The standard InChI is InChI=1S/C24H24N6O/c1-13-17(14-3-8-19(27)15(11-14)12-26)6-7-18-22(13)30(16-4-5-16)24(31)21-23(18)29(2)20(28-21)9-10-25/h3,6-8,11,16H,4-5,9-10,25,27H2,1-2H3. The number of fused-ring (bicyclic) bond motifs is 3. The molecule has 0 aliphatic heterocycles. The molecule has 1 aliphatic carbocycles. The van der Waals surface area contributed by atoms with Gasteiger partial charge in [0.05, 0.1) is 16.6 Å². The quantitative estimate of drug-likeness (QED) is 0.500. The fourth-order valence-electron chi connectivity index (χ4n) is 4.59. The summed E-state index contributed by atoms with van der Waals surface area (Å²) in [5, 5.41) is 10.4.